The lowest BCUT2D eigenvalue weighted by Crippen LogP contribution is -2.49. The number of amides is 1. The molecule has 0 spiro atoms. The predicted octanol–water partition coefficient (Wildman–Crippen LogP) is 2.67. The predicted molar refractivity (Wildman–Crippen MR) is 106 cm³/mol. The fraction of sp³-hybridized carbons (Fsp3) is 0.421. The number of aromatic hydroxyl groups is 1. The van der Waals surface area contributed by atoms with Crippen LogP contribution >= 0.6 is 11.3 Å². The van der Waals surface area contributed by atoms with Crippen molar-refractivity contribution in [3.63, 3.8) is 0 Å². The molecule has 1 fully saturated rings. The summed E-state index contributed by atoms with van der Waals surface area (Å²) in [6.07, 6.45) is -0.268. The van der Waals surface area contributed by atoms with E-state index in [1.54, 1.807) is 4.90 Å². The van der Waals surface area contributed by atoms with Crippen LogP contribution in [-0.4, -0.2) is 68.4 Å². The summed E-state index contributed by atoms with van der Waals surface area (Å²) in [6.45, 7) is 6.54. The zero-order chi connectivity index (χ0) is 19.7. The van der Waals surface area contributed by atoms with E-state index in [4.69, 9.17) is 4.74 Å². The number of thiazole rings is 1. The van der Waals surface area contributed by atoms with Crippen molar-refractivity contribution in [3.8, 4) is 5.88 Å². The third-order valence-electron chi connectivity index (χ3n) is 4.87. The SMILES string of the molecule is CCOC(=O)N1CCN([C@@H](c2ccccc2)c2sc3nc(C)nn3c2O)CC1. The fourth-order valence-corrected chi connectivity index (χ4v) is 4.73. The molecule has 148 valence electrons. The average molecular weight is 401 g/mol. The molecule has 0 radical (unpaired) electrons. The molecule has 2 aromatic heterocycles. The van der Waals surface area contributed by atoms with Crippen LogP contribution in [0.2, 0.25) is 0 Å². The van der Waals surface area contributed by atoms with E-state index in [1.807, 2.05) is 32.0 Å². The van der Waals surface area contributed by atoms with Crippen molar-refractivity contribution in [3.05, 3.63) is 46.6 Å². The Hall–Kier alpha value is -2.65. The van der Waals surface area contributed by atoms with Gasteiger partial charge in [0, 0.05) is 26.2 Å². The molecule has 0 bridgehead atoms. The van der Waals surface area contributed by atoms with E-state index >= 15 is 0 Å². The van der Waals surface area contributed by atoms with E-state index in [0.29, 0.717) is 43.6 Å². The molecule has 1 aliphatic heterocycles. The number of ether oxygens (including phenoxy) is 1. The Kier molecular flexibility index (Phi) is 5.19. The molecule has 28 heavy (non-hydrogen) atoms. The first-order valence-corrected chi connectivity index (χ1v) is 10.2. The number of hydrogen-bond acceptors (Lipinski definition) is 7. The summed E-state index contributed by atoms with van der Waals surface area (Å²) >= 11 is 1.45. The normalized spacial score (nSPS) is 16.4. The third-order valence-corrected chi connectivity index (χ3v) is 5.95. The largest absolute Gasteiger partial charge is 0.492 e. The molecule has 4 rings (SSSR count). The van der Waals surface area contributed by atoms with Gasteiger partial charge in [0.25, 0.3) is 0 Å². The summed E-state index contributed by atoms with van der Waals surface area (Å²) < 4.78 is 6.62. The zero-order valence-electron chi connectivity index (χ0n) is 15.9. The van der Waals surface area contributed by atoms with Gasteiger partial charge in [-0.2, -0.15) is 4.52 Å². The van der Waals surface area contributed by atoms with Crippen LogP contribution in [-0.2, 0) is 4.74 Å². The number of carbonyl (C=O) groups excluding carboxylic acids is 1. The van der Waals surface area contributed by atoms with Crippen molar-refractivity contribution in [1.82, 2.24) is 24.4 Å². The molecular formula is C19H23N5O3S. The first-order chi connectivity index (χ1) is 13.6. The van der Waals surface area contributed by atoms with Gasteiger partial charge >= 0.3 is 6.09 Å². The summed E-state index contributed by atoms with van der Waals surface area (Å²) in [7, 11) is 0. The summed E-state index contributed by atoms with van der Waals surface area (Å²) in [5.74, 6) is 0.759. The smallest absolute Gasteiger partial charge is 0.409 e. The second-order valence-electron chi connectivity index (χ2n) is 6.68. The monoisotopic (exact) mass is 401 g/mol. The minimum Gasteiger partial charge on any atom is -0.492 e. The van der Waals surface area contributed by atoms with Gasteiger partial charge in [-0.25, -0.2) is 9.78 Å². The molecule has 8 nitrogen and oxygen atoms in total. The van der Waals surface area contributed by atoms with E-state index in [1.165, 1.54) is 15.9 Å². The highest BCUT2D eigenvalue weighted by Crippen LogP contribution is 2.40. The summed E-state index contributed by atoms with van der Waals surface area (Å²) in [6, 6.07) is 9.96. The molecule has 9 heteroatoms. The fourth-order valence-electron chi connectivity index (χ4n) is 3.57. The van der Waals surface area contributed by atoms with Crippen LogP contribution in [0, 0.1) is 6.92 Å². The van der Waals surface area contributed by atoms with E-state index in [2.05, 4.69) is 27.1 Å². The van der Waals surface area contributed by atoms with Crippen LogP contribution in [0.4, 0.5) is 4.79 Å². The van der Waals surface area contributed by atoms with Crippen molar-refractivity contribution >= 4 is 22.4 Å². The number of hydrogen-bond donors (Lipinski definition) is 1. The van der Waals surface area contributed by atoms with Crippen LogP contribution < -0.4 is 0 Å². The molecule has 0 aliphatic carbocycles. The van der Waals surface area contributed by atoms with E-state index in [-0.39, 0.29) is 18.0 Å². The molecule has 0 unspecified atom stereocenters. The number of fused-ring (bicyclic) bond motifs is 1. The number of aromatic nitrogens is 3. The lowest BCUT2D eigenvalue weighted by atomic mass is 10.0. The maximum atomic E-state index is 12.0. The number of nitrogens with zero attached hydrogens (tertiary/aromatic N) is 5. The summed E-state index contributed by atoms with van der Waals surface area (Å²) in [4.78, 5) is 21.9. The van der Waals surface area contributed by atoms with Gasteiger partial charge in [-0.3, -0.25) is 4.90 Å². The topological polar surface area (TPSA) is 83.2 Å². The van der Waals surface area contributed by atoms with Crippen LogP contribution in [0.1, 0.15) is 29.2 Å². The van der Waals surface area contributed by atoms with Crippen molar-refractivity contribution in [2.24, 2.45) is 0 Å². The Bertz CT molecular complexity index is 963. The molecule has 1 aliphatic rings. The van der Waals surface area contributed by atoms with Crippen LogP contribution in [0.3, 0.4) is 0 Å². The Labute approximate surface area is 167 Å². The van der Waals surface area contributed by atoms with Crippen molar-refractivity contribution in [2.75, 3.05) is 32.8 Å². The lowest BCUT2D eigenvalue weighted by Gasteiger charge is -2.38. The molecule has 3 aromatic rings. The third kappa shape index (κ3) is 3.43. The minimum atomic E-state index is -0.268. The highest BCUT2D eigenvalue weighted by atomic mass is 32.1. The van der Waals surface area contributed by atoms with Gasteiger partial charge in [0.05, 0.1) is 17.5 Å². The van der Waals surface area contributed by atoms with Gasteiger partial charge in [0.1, 0.15) is 5.82 Å². The van der Waals surface area contributed by atoms with E-state index in [0.717, 1.165) is 10.4 Å². The second kappa shape index (κ2) is 7.76. The standard InChI is InChI=1S/C19H23N5O3S/c1-3-27-19(26)23-11-9-22(10-12-23)15(14-7-5-4-6-8-14)16-17(25)24-18(28-16)20-13(2)21-24/h4-8,15,25H,3,9-12H2,1-2H3/t15-/m0/s1. The van der Waals surface area contributed by atoms with Crippen molar-refractivity contribution in [2.45, 2.75) is 19.9 Å². The number of piperazine rings is 1. The first kappa shape index (κ1) is 18.7. The summed E-state index contributed by atoms with van der Waals surface area (Å²) in [5, 5.41) is 15.1. The van der Waals surface area contributed by atoms with Gasteiger partial charge in [-0.05, 0) is 19.4 Å². The van der Waals surface area contributed by atoms with E-state index < -0.39 is 0 Å². The summed E-state index contributed by atoms with van der Waals surface area (Å²) in [5.41, 5.74) is 1.09. The Morgan fingerprint density at radius 1 is 1.25 bits per heavy atom. The quantitative estimate of drug-likeness (QED) is 0.724. The Morgan fingerprint density at radius 2 is 1.96 bits per heavy atom. The minimum absolute atomic E-state index is 0.126. The molecule has 1 aromatic carbocycles. The molecule has 1 N–H and O–H groups in total. The number of carbonyl (C=O) groups is 1. The lowest BCUT2D eigenvalue weighted by molar-refractivity contribution is 0.0715. The molecule has 1 atom stereocenters. The van der Waals surface area contributed by atoms with Crippen LogP contribution in [0.25, 0.3) is 4.96 Å². The first-order valence-electron chi connectivity index (χ1n) is 9.34. The molecular weight excluding hydrogens is 378 g/mol. The molecule has 3 heterocycles. The maximum absolute atomic E-state index is 12.0. The van der Waals surface area contributed by atoms with Crippen molar-refractivity contribution < 1.29 is 14.6 Å². The van der Waals surface area contributed by atoms with Gasteiger partial charge in [-0.1, -0.05) is 41.7 Å². The van der Waals surface area contributed by atoms with Crippen LogP contribution in [0.5, 0.6) is 5.88 Å². The molecule has 0 saturated carbocycles. The van der Waals surface area contributed by atoms with E-state index in [9.17, 15) is 9.90 Å². The van der Waals surface area contributed by atoms with Gasteiger partial charge in [0.15, 0.2) is 0 Å². The highest BCUT2D eigenvalue weighted by Gasteiger charge is 2.32. The number of aryl methyl sites for hydroxylation is 1. The van der Waals surface area contributed by atoms with Crippen molar-refractivity contribution in [1.29, 1.82) is 0 Å². The second-order valence-corrected chi connectivity index (χ2v) is 7.69. The molecule has 1 amide bonds. The average Bonchev–Trinajstić information content (AvgIpc) is 3.21. The molecule has 1 saturated heterocycles. The Morgan fingerprint density at radius 3 is 2.61 bits per heavy atom. The number of benzene rings is 1. The zero-order valence-corrected chi connectivity index (χ0v) is 16.7. The Balaban J connectivity index is 1.65. The maximum Gasteiger partial charge on any atom is 0.409 e. The van der Waals surface area contributed by atoms with Crippen LogP contribution in [0.15, 0.2) is 30.3 Å². The van der Waals surface area contributed by atoms with Gasteiger partial charge in [-0.15, -0.1) is 5.10 Å². The number of rotatable bonds is 4. The highest BCUT2D eigenvalue weighted by molar-refractivity contribution is 7.17. The van der Waals surface area contributed by atoms with Gasteiger partial charge in [0.2, 0.25) is 10.8 Å². The van der Waals surface area contributed by atoms with Gasteiger partial charge < -0.3 is 14.7 Å².